The Kier molecular flexibility index (Phi) is 5.44. The van der Waals surface area contributed by atoms with E-state index in [4.69, 9.17) is 22.6 Å². The van der Waals surface area contributed by atoms with Crippen molar-refractivity contribution in [1.82, 2.24) is 4.98 Å². The Hall–Kier alpha value is -2.84. The van der Waals surface area contributed by atoms with Gasteiger partial charge in [0.15, 0.2) is 7.14 Å². The number of nitrogens with zero attached hydrogens (tertiary/aromatic N) is 1. The zero-order valence-electron chi connectivity index (χ0n) is 14.9. The minimum absolute atomic E-state index is 0.0229. The fourth-order valence-electron chi connectivity index (χ4n) is 3.22. The molecule has 2 aromatic carbocycles. The van der Waals surface area contributed by atoms with Crippen LogP contribution < -0.4 is 16.3 Å². The molecule has 0 bridgehead atoms. The molecule has 4 N–H and O–H groups in total. The zero-order chi connectivity index (χ0) is 20.5. The number of hydrogen-bond donors (Lipinski definition) is 3. The van der Waals surface area contributed by atoms with Gasteiger partial charge in [-0.25, -0.2) is 0 Å². The van der Waals surface area contributed by atoms with Crippen LogP contribution in [-0.4, -0.2) is 22.3 Å². The maximum Gasteiger partial charge on any atom is 0.265 e. The molecule has 28 heavy (non-hydrogen) atoms. The van der Waals surface area contributed by atoms with Crippen LogP contribution in [0.2, 0.25) is 5.02 Å². The van der Waals surface area contributed by atoms with Crippen molar-refractivity contribution in [3.05, 3.63) is 64.3 Å². The van der Waals surface area contributed by atoms with Crippen molar-refractivity contribution in [2.24, 2.45) is 5.73 Å². The first-order valence-corrected chi connectivity index (χ1v) is 10.6. The number of aryl methyl sites for hydroxylation is 1. The van der Waals surface area contributed by atoms with Gasteiger partial charge in [-0.05, 0) is 54.5 Å². The molecule has 0 unspecified atom stereocenters. The van der Waals surface area contributed by atoms with Crippen molar-refractivity contribution in [2.45, 2.75) is 6.92 Å². The van der Waals surface area contributed by atoms with Gasteiger partial charge >= 0.3 is 0 Å². The van der Waals surface area contributed by atoms with E-state index in [0.717, 1.165) is 5.56 Å². The number of allylic oxidation sites excluding steroid dienone is 1. The lowest BCUT2D eigenvalue weighted by Crippen LogP contribution is -2.26. The number of benzene rings is 2. The molecule has 3 rings (SSSR count). The highest BCUT2D eigenvalue weighted by Gasteiger charge is 2.34. The lowest BCUT2D eigenvalue weighted by Gasteiger charge is -2.18. The van der Waals surface area contributed by atoms with Crippen molar-refractivity contribution in [2.75, 3.05) is 6.35 Å². The average Bonchev–Trinajstić information content (AvgIpc) is 3.04. The molecule has 0 aliphatic rings. The van der Waals surface area contributed by atoms with Crippen LogP contribution in [0.1, 0.15) is 21.6 Å². The zero-order valence-corrected chi connectivity index (χ0v) is 16.6. The number of aromatic amines is 1. The Labute approximate surface area is 166 Å². The molecule has 8 heteroatoms. The van der Waals surface area contributed by atoms with Crippen molar-refractivity contribution >= 4 is 52.2 Å². The minimum Gasteiger partial charge on any atom is -0.388 e. The topological polar surface area (TPSA) is 120 Å². The van der Waals surface area contributed by atoms with E-state index in [1.807, 2.05) is 19.1 Å². The number of rotatable bonds is 5. The number of fused-ring (bicyclic) bond motifs is 1. The van der Waals surface area contributed by atoms with E-state index in [-0.39, 0.29) is 11.0 Å². The van der Waals surface area contributed by atoms with Gasteiger partial charge in [0.1, 0.15) is 12.0 Å². The van der Waals surface area contributed by atoms with Gasteiger partial charge in [0.25, 0.3) is 5.91 Å². The predicted octanol–water partition coefficient (Wildman–Crippen LogP) is 3.03. The third-order valence-electron chi connectivity index (χ3n) is 4.39. The third kappa shape index (κ3) is 3.48. The van der Waals surface area contributed by atoms with E-state index >= 15 is 0 Å². The molecule has 0 saturated heterocycles. The van der Waals surface area contributed by atoms with Crippen molar-refractivity contribution in [1.29, 1.82) is 5.26 Å². The minimum atomic E-state index is -3.65. The summed E-state index contributed by atoms with van der Waals surface area (Å²) in [5, 5.41) is 20.3. The number of halogens is 1. The molecular formula is C20H17ClN3O3P. The summed E-state index contributed by atoms with van der Waals surface area (Å²) >= 11 is 6.10. The molecule has 0 spiro atoms. The number of nitrogens with two attached hydrogens (primary N) is 1. The van der Waals surface area contributed by atoms with Gasteiger partial charge in [-0.15, -0.1) is 0 Å². The Morgan fingerprint density at radius 1 is 1.36 bits per heavy atom. The molecule has 0 aliphatic carbocycles. The number of hydrogen-bond acceptors (Lipinski definition) is 4. The Bertz CT molecular complexity index is 1210. The molecule has 1 heterocycles. The van der Waals surface area contributed by atoms with E-state index in [9.17, 15) is 14.5 Å². The van der Waals surface area contributed by atoms with Crippen LogP contribution >= 0.6 is 18.7 Å². The summed E-state index contributed by atoms with van der Waals surface area (Å²) in [7, 11) is -3.65. The van der Waals surface area contributed by atoms with Gasteiger partial charge in [0.05, 0.1) is 11.4 Å². The summed E-state index contributed by atoms with van der Waals surface area (Å²) in [5.41, 5.74) is 7.49. The highest BCUT2D eigenvalue weighted by molar-refractivity contribution is 7.79. The van der Waals surface area contributed by atoms with Gasteiger partial charge < -0.3 is 20.4 Å². The molecule has 3 aromatic rings. The molecule has 1 amide bonds. The van der Waals surface area contributed by atoms with Crippen LogP contribution in [0.5, 0.6) is 0 Å². The monoisotopic (exact) mass is 413 g/mol. The van der Waals surface area contributed by atoms with Crippen LogP contribution in [0.3, 0.4) is 0 Å². The number of amides is 1. The Balaban J connectivity index is 2.36. The molecule has 142 valence electrons. The second kappa shape index (κ2) is 7.65. The van der Waals surface area contributed by atoms with Crippen LogP contribution in [-0.2, 0) is 4.57 Å². The molecular weight excluding hydrogens is 397 g/mol. The Morgan fingerprint density at radius 2 is 2.11 bits per heavy atom. The van der Waals surface area contributed by atoms with E-state index in [0.29, 0.717) is 26.8 Å². The molecule has 1 aromatic heterocycles. The number of nitrogens with one attached hydrogen (secondary N) is 1. The first-order chi connectivity index (χ1) is 13.3. The summed E-state index contributed by atoms with van der Waals surface area (Å²) in [6, 6.07) is 11.9. The maximum absolute atomic E-state index is 14.1. The summed E-state index contributed by atoms with van der Waals surface area (Å²) in [6.45, 7) is 1.82. The Morgan fingerprint density at radius 3 is 2.75 bits per heavy atom. The summed E-state index contributed by atoms with van der Waals surface area (Å²) in [4.78, 5) is 14.9. The number of primary amides is 1. The third-order valence-corrected chi connectivity index (χ3v) is 7.30. The van der Waals surface area contributed by atoms with E-state index in [1.165, 1.54) is 6.08 Å². The van der Waals surface area contributed by atoms with Gasteiger partial charge in [-0.3, -0.25) is 4.79 Å². The van der Waals surface area contributed by atoms with Crippen molar-refractivity contribution in [3.8, 4) is 6.07 Å². The summed E-state index contributed by atoms with van der Waals surface area (Å²) in [6.07, 6.45) is 2.19. The first-order valence-electron chi connectivity index (χ1n) is 8.30. The second-order valence-corrected chi connectivity index (χ2v) is 9.51. The van der Waals surface area contributed by atoms with E-state index in [1.54, 1.807) is 36.4 Å². The molecule has 0 saturated carbocycles. The number of nitriles is 1. The number of aliphatic hydroxyl groups excluding tert-OH is 1. The van der Waals surface area contributed by atoms with E-state index < -0.39 is 19.4 Å². The first kappa shape index (κ1) is 19.9. The number of aromatic nitrogens is 1. The van der Waals surface area contributed by atoms with Crippen LogP contribution in [0.4, 0.5) is 0 Å². The average molecular weight is 414 g/mol. The molecule has 0 radical (unpaired) electrons. The number of carbonyl (C=O) groups is 1. The van der Waals surface area contributed by atoms with Crippen molar-refractivity contribution in [3.63, 3.8) is 0 Å². The van der Waals surface area contributed by atoms with Crippen LogP contribution in [0.25, 0.3) is 17.0 Å². The largest absolute Gasteiger partial charge is 0.388 e. The summed E-state index contributed by atoms with van der Waals surface area (Å²) in [5.74, 6) is -0.784. The second-order valence-electron chi connectivity index (χ2n) is 6.35. The number of carbonyl (C=O) groups excluding carboxylic acids is 1. The molecule has 1 atom stereocenters. The number of H-pyrrole nitrogens is 1. The predicted molar refractivity (Wildman–Crippen MR) is 112 cm³/mol. The standard InChI is InChI=1S/C20H17ClN3O3P/c1-12-7-13(3-2-6-22)9-15(8-12)28(27,11-25)19-16-10-14(21)4-5-17(16)24-18(19)20(23)26/h2-5,7-10,24-25H,11H2,1H3,(H2,23,26)/t28-/m1/s1. The van der Waals surface area contributed by atoms with Crippen molar-refractivity contribution < 1.29 is 14.5 Å². The van der Waals surface area contributed by atoms with Crippen LogP contribution in [0.15, 0.2) is 42.5 Å². The lowest BCUT2D eigenvalue weighted by molar-refractivity contribution is 0.0997. The molecule has 0 aliphatic heterocycles. The fourth-order valence-corrected chi connectivity index (χ4v) is 5.82. The van der Waals surface area contributed by atoms with Gasteiger partial charge in [0.2, 0.25) is 0 Å². The smallest absolute Gasteiger partial charge is 0.265 e. The quantitative estimate of drug-likeness (QED) is 0.439. The van der Waals surface area contributed by atoms with Crippen LogP contribution in [0, 0.1) is 18.3 Å². The highest BCUT2D eigenvalue weighted by atomic mass is 35.5. The number of aliphatic hydroxyl groups is 1. The lowest BCUT2D eigenvalue weighted by atomic mass is 10.1. The van der Waals surface area contributed by atoms with Gasteiger partial charge in [0, 0.05) is 27.3 Å². The molecule has 6 nitrogen and oxygen atoms in total. The van der Waals surface area contributed by atoms with E-state index in [2.05, 4.69) is 4.98 Å². The normalized spacial score (nSPS) is 13.5. The van der Waals surface area contributed by atoms with Gasteiger partial charge in [-0.1, -0.05) is 17.7 Å². The van der Waals surface area contributed by atoms with Gasteiger partial charge in [-0.2, -0.15) is 5.26 Å². The SMILES string of the molecule is Cc1cc(C=CC#N)cc([P@](=O)(CO)c2c(C(N)=O)[nH]c3ccc(Cl)cc23)c1. The highest BCUT2D eigenvalue weighted by Crippen LogP contribution is 2.46. The molecule has 0 fully saturated rings. The fraction of sp³-hybridized carbons (Fsp3) is 0.100. The summed E-state index contributed by atoms with van der Waals surface area (Å²) < 4.78 is 14.1. The maximum atomic E-state index is 14.1.